The largest absolute Gasteiger partial charge is 0.462 e. The van der Waals surface area contributed by atoms with Crippen LogP contribution < -0.4 is 0 Å². The molecular weight excluding hydrogens is 350 g/mol. The Kier molecular flexibility index (Phi) is 5.53. The Morgan fingerprint density at radius 3 is 2.71 bits per heavy atom. The lowest BCUT2D eigenvalue weighted by atomic mass is 10.1. The molecule has 21 heavy (non-hydrogen) atoms. The van der Waals surface area contributed by atoms with E-state index in [0.717, 1.165) is 27.2 Å². The Balaban J connectivity index is 2.45. The number of aromatic nitrogens is 1. The number of nitrogens with zero attached hydrogens (tertiary/aromatic N) is 1. The number of thiazole rings is 1. The first-order valence-corrected chi connectivity index (χ1v) is 8.55. The number of benzene rings is 1. The van der Waals surface area contributed by atoms with Crippen LogP contribution in [0, 0.1) is 5.92 Å². The van der Waals surface area contributed by atoms with Crippen molar-refractivity contribution in [2.75, 3.05) is 6.61 Å². The smallest absolute Gasteiger partial charge is 0.350 e. The molecule has 2 aromatic rings. The van der Waals surface area contributed by atoms with Crippen molar-refractivity contribution in [1.82, 2.24) is 4.98 Å². The van der Waals surface area contributed by atoms with Gasteiger partial charge in [-0.25, -0.2) is 9.78 Å². The van der Waals surface area contributed by atoms with Gasteiger partial charge >= 0.3 is 5.97 Å². The Morgan fingerprint density at radius 1 is 1.38 bits per heavy atom. The number of hydrogen-bond donors (Lipinski definition) is 0. The molecule has 1 aromatic heterocycles. The number of carbonyl (C=O) groups is 1. The Morgan fingerprint density at radius 2 is 2.10 bits per heavy atom. The van der Waals surface area contributed by atoms with Gasteiger partial charge in [0.2, 0.25) is 0 Å². The predicted octanol–water partition coefficient (Wildman–Crippen LogP) is 4.95. The fraction of sp³-hybridized carbons (Fsp3) is 0.375. The number of ether oxygens (including phenoxy) is 1. The summed E-state index contributed by atoms with van der Waals surface area (Å²) in [6.07, 6.45) is 0.773. The highest BCUT2D eigenvalue weighted by Gasteiger charge is 2.21. The van der Waals surface area contributed by atoms with Gasteiger partial charge in [-0.3, -0.25) is 0 Å². The second-order valence-electron chi connectivity index (χ2n) is 5.09. The highest BCUT2D eigenvalue weighted by Crippen LogP contribution is 2.34. The van der Waals surface area contributed by atoms with Crippen molar-refractivity contribution >= 4 is 33.2 Å². The van der Waals surface area contributed by atoms with Crippen LogP contribution in [0.4, 0.5) is 0 Å². The molecule has 0 aliphatic rings. The van der Waals surface area contributed by atoms with Gasteiger partial charge in [-0.05, 0) is 25.3 Å². The SMILES string of the molecule is CCOC(=O)c1sc(-c2ccccc2Br)nc1CC(C)C. The second-order valence-corrected chi connectivity index (χ2v) is 6.95. The van der Waals surface area contributed by atoms with E-state index in [-0.39, 0.29) is 5.97 Å². The molecule has 0 aliphatic carbocycles. The molecule has 1 heterocycles. The van der Waals surface area contributed by atoms with E-state index in [9.17, 15) is 4.79 Å². The molecule has 0 spiro atoms. The van der Waals surface area contributed by atoms with E-state index in [4.69, 9.17) is 4.74 Å². The van der Waals surface area contributed by atoms with Crippen molar-refractivity contribution in [1.29, 1.82) is 0 Å². The quantitative estimate of drug-likeness (QED) is 0.701. The fourth-order valence-corrected chi connectivity index (χ4v) is 3.61. The molecule has 5 heteroatoms. The third-order valence-corrected chi connectivity index (χ3v) is 4.67. The molecule has 0 fully saturated rings. The lowest BCUT2D eigenvalue weighted by Gasteiger charge is -2.04. The minimum atomic E-state index is -0.274. The average Bonchev–Trinajstić information content (AvgIpc) is 2.82. The summed E-state index contributed by atoms with van der Waals surface area (Å²) in [5.74, 6) is 0.163. The third kappa shape index (κ3) is 3.92. The molecule has 0 aliphatic heterocycles. The molecule has 2 rings (SSSR count). The summed E-state index contributed by atoms with van der Waals surface area (Å²) in [5.41, 5.74) is 1.84. The van der Waals surface area contributed by atoms with Crippen LogP contribution in [0.2, 0.25) is 0 Å². The van der Waals surface area contributed by atoms with Crippen LogP contribution in [-0.2, 0) is 11.2 Å². The maximum Gasteiger partial charge on any atom is 0.350 e. The van der Waals surface area contributed by atoms with Crippen LogP contribution in [-0.4, -0.2) is 17.6 Å². The van der Waals surface area contributed by atoms with Gasteiger partial charge in [0.15, 0.2) is 0 Å². The Labute approximate surface area is 137 Å². The van der Waals surface area contributed by atoms with E-state index in [1.165, 1.54) is 11.3 Å². The highest BCUT2D eigenvalue weighted by molar-refractivity contribution is 9.10. The number of hydrogen-bond acceptors (Lipinski definition) is 4. The molecule has 0 saturated carbocycles. The van der Waals surface area contributed by atoms with Crippen LogP contribution in [0.3, 0.4) is 0 Å². The molecule has 0 radical (unpaired) electrons. The van der Waals surface area contributed by atoms with Crippen molar-refractivity contribution in [2.24, 2.45) is 5.92 Å². The van der Waals surface area contributed by atoms with Crippen molar-refractivity contribution in [3.63, 3.8) is 0 Å². The lowest BCUT2D eigenvalue weighted by molar-refractivity contribution is 0.0530. The van der Waals surface area contributed by atoms with Crippen molar-refractivity contribution < 1.29 is 9.53 Å². The molecule has 0 atom stereocenters. The van der Waals surface area contributed by atoms with E-state index in [2.05, 4.69) is 34.8 Å². The van der Waals surface area contributed by atoms with Crippen LogP contribution in [0.15, 0.2) is 28.7 Å². The monoisotopic (exact) mass is 367 g/mol. The highest BCUT2D eigenvalue weighted by atomic mass is 79.9. The minimum Gasteiger partial charge on any atom is -0.462 e. The van der Waals surface area contributed by atoms with Gasteiger partial charge in [0.1, 0.15) is 9.88 Å². The molecule has 0 amide bonds. The maximum atomic E-state index is 12.1. The number of rotatable bonds is 5. The Hall–Kier alpha value is -1.20. The van der Waals surface area contributed by atoms with Crippen LogP contribution in [0.25, 0.3) is 10.6 Å². The summed E-state index contributed by atoms with van der Waals surface area (Å²) >= 11 is 4.94. The summed E-state index contributed by atoms with van der Waals surface area (Å²) in [7, 11) is 0. The lowest BCUT2D eigenvalue weighted by Crippen LogP contribution is -2.07. The average molecular weight is 368 g/mol. The van der Waals surface area contributed by atoms with Crippen LogP contribution in [0.5, 0.6) is 0 Å². The summed E-state index contributed by atoms with van der Waals surface area (Å²) < 4.78 is 6.13. The summed E-state index contributed by atoms with van der Waals surface area (Å²) in [6, 6.07) is 7.90. The van der Waals surface area contributed by atoms with Gasteiger partial charge in [0.25, 0.3) is 0 Å². The van der Waals surface area contributed by atoms with Crippen LogP contribution in [0.1, 0.15) is 36.1 Å². The van der Waals surface area contributed by atoms with E-state index in [1.807, 2.05) is 31.2 Å². The molecule has 0 unspecified atom stereocenters. The first-order valence-electron chi connectivity index (χ1n) is 6.94. The fourth-order valence-electron chi connectivity index (χ4n) is 1.98. The number of carbonyl (C=O) groups excluding carboxylic acids is 1. The molecule has 0 N–H and O–H groups in total. The molecule has 1 aromatic carbocycles. The van der Waals surface area contributed by atoms with Gasteiger partial charge in [0, 0.05) is 10.0 Å². The maximum absolute atomic E-state index is 12.1. The van der Waals surface area contributed by atoms with Crippen molar-refractivity contribution in [3.05, 3.63) is 39.3 Å². The molecular formula is C16H18BrNO2S. The zero-order valence-electron chi connectivity index (χ0n) is 12.4. The van der Waals surface area contributed by atoms with Gasteiger partial charge < -0.3 is 4.74 Å². The number of esters is 1. The summed E-state index contributed by atoms with van der Waals surface area (Å²) in [5, 5.41) is 0.848. The van der Waals surface area contributed by atoms with E-state index in [1.54, 1.807) is 0 Å². The predicted molar refractivity (Wildman–Crippen MR) is 89.7 cm³/mol. The minimum absolute atomic E-state index is 0.274. The number of halogens is 1. The zero-order valence-corrected chi connectivity index (χ0v) is 14.8. The first-order chi connectivity index (χ1) is 10.0. The standard InChI is InChI=1S/C16H18BrNO2S/c1-4-20-16(19)14-13(9-10(2)3)18-15(21-14)11-7-5-6-8-12(11)17/h5-8,10H,4,9H2,1-3H3. The van der Waals surface area contributed by atoms with Gasteiger partial charge in [0.05, 0.1) is 12.3 Å². The normalized spacial score (nSPS) is 10.9. The van der Waals surface area contributed by atoms with Gasteiger partial charge in [-0.2, -0.15) is 0 Å². The summed E-state index contributed by atoms with van der Waals surface area (Å²) in [4.78, 5) is 17.4. The van der Waals surface area contributed by atoms with E-state index in [0.29, 0.717) is 17.4 Å². The first kappa shape index (κ1) is 16.2. The van der Waals surface area contributed by atoms with E-state index < -0.39 is 0 Å². The van der Waals surface area contributed by atoms with Gasteiger partial charge in [-0.15, -0.1) is 11.3 Å². The second kappa shape index (κ2) is 7.18. The van der Waals surface area contributed by atoms with Crippen LogP contribution >= 0.6 is 27.3 Å². The molecule has 112 valence electrons. The van der Waals surface area contributed by atoms with Crippen molar-refractivity contribution in [3.8, 4) is 10.6 Å². The Bertz CT molecular complexity index is 637. The van der Waals surface area contributed by atoms with Crippen molar-refractivity contribution in [2.45, 2.75) is 27.2 Å². The molecule has 0 bridgehead atoms. The zero-order chi connectivity index (χ0) is 15.4. The molecule has 3 nitrogen and oxygen atoms in total. The third-order valence-electron chi connectivity index (χ3n) is 2.86. The topological polar surface area (TPSA) is 39.2 Å². The summed E-state index contributed by atoms with van der Waals surface area (Å²) in [6.45, 7) is 6.43. The van der Waals surface area contributed by atoms with E-state index >= 15 is 0 Å². The molecule has 0 saturated heterocycles. The van der Waals surface area contributed by atoms with Gasteiger partial charge in [-0.1, -0.05) is 48.0 Å².